The van der Waals surface area contributed by atoms with Crippen molar-refractivity contribution in [2.75, 3.05) is 0 Å². The molecule has 2 unspecified atom stereocenters. The maximum atomic E-state index is 10.0. The van der Waals surface area contributed by atoms with Crippen molar-refractivity contribution in [1.82, 2.24) is 5.32 Å². The van der Waals surface area contributed by atoms with E-state index in [1.807, 2.05) is 19.1 Å². The number of benzene rings is 2. The molecule has 2 aromatic carbocycles. The predicted molar refractivity (Wildman–Crippen MR) is 88.7 cm³/mol. The quantitative estimate of drug-likeness (QED) is 0.850. The molecule has 0 aliphatic rings. The third-order valence-electron chi connectivity index (χ3n) is 4.04. The summed E-state index contributed by atoms with van der Waals surface area (Å²) in [6.07, 6.45) is 0. The van der Waals surface area contributed by atoms with E-state index in [0.29, 0.717) is 5.75 Å². The fourth-order valence-electron chi connectivity index (χ4n) is 2.89. The second-order valence-electron chi connectivity index (χ2n) is 6.03. The zero-order chi connectivity index (χ0) is 15.6. The summed E-state index contributed by atoms with van der Waals surface area (Å²) in [6.45, 7) is 10.6. The van der Waals surface area contributed by atoms with Crippen LogP contribution in [0.4, 0.5) is 0 Å². The highest BCUT2D eigenvalue weighted by atomic mass is 16.3. The SMILES string of the molecule is Cc1ccc(C(C)NC(C)c2cc(C)ccc2O)c(C)c1. The van der Waals surface area contributed by atoms with Crippen molar-refractivity contribution in [3.05, 3.63) is 64.2 Å². The van der Waals surface area contributed by atoms with Crippen molar-refractivity contribution in [3.63, 3.8) is 0 Å². The van der Waals surface area contributed by atoms with Crippen molar-refractivity contribution in [2.45, 2.75) is 46.7 Å². The zero-order valence-electron chi connectivity index (χ0n) is 13.6. The highest BCUT2D eigenvalue weighted by Gasteiger charge is 2.15. The van der Waals surface area contributed by atoms with Gasteiger partial charge in [0, 0.05) is 17.6 Å². The van der Waals surface area contributed by atoms with Gasteiger partial charge in [-0.05, 0) is 51.8 Å². The average Bonchev–Trinajstić information content (AvgIpc) is 2.41. The van der Waals surface area contributed by atoms with Gasteiger partial charge in [0.25, 0.3) is 0 Å². The molecule has 0 amide bonds. The van der Waals surface area contributed by atoms with E-state index < -0.39 is 0 Å². The molecule has 112 valence electrons. The van der Waals surface area contributed by atoms with Crippen LogP contribution in [-0.2, 0) is 0 Å². The molecule has 0 saturated heterocycles. The van der Waals surface area contributed by atoms with Crippen molar-refractivity contribution in [3.8, 4) is 5.75 Å². The molecule has 0 radical (unpaired) electrons. The minimum absolute atomic E-state index is 0.0978. The highest BCUT2D eigenvalue weighted by molar-refractivity contribution is 5.38. The van der Waals surface area contributed by atoms with Crippen LogP contribution in [0.3, 0.4) is 0 Å². The van der Waals surface area contributed by atoms with Gasteiger partial charge < -0.3 is 10.4 Å². The standard InChI is InChI=1S/C19H25NO/c1-12-6-8-17(14(3)10-12)15(4)20-16(5)18-11-13(2)7-9-19(18)21/h6-11,15-16,20-21H,1-5H3. The van der Waals surface area contributed by atoms with Crippen LogP contribution in [-0.4, -0.2) is 5.11 Å². The van der Waals surface area contributed by atoms with Gasteiger partial charge in [0.05, 0.1) is 0 Å². The molecular weight excluding hydrogens is 258 g/mol. The molecule has 2 aromatic rings. The van der Waals surface area contributed by atoms with Crippen LogP contribution in [0.1, 0.15) is 53.7 Å². The Morgan fingerprint density at radius 2 is 1.38 bits per heavy atom. The molecular formula is C19H25NO. The molecule has 2 nitrogen and oxygen atoms in total. The Labute approximate surface area is 127 Å². The van der Waals surface area contributed by atoms with Crippen LogP contribution < -0.4 is 5.32 Å². The van der Waals surface area contributed by atoms with E-state index in [0.717, 1.165) is 11.1 Å². The lowest BCUT2D eigenvalue weighted by Gasteiger charge is -2.23. The first kappa shape index (κ1) is 15.6. The molecule has 0 fully saturated rings. The molecule has 0 aliphatic carbocycles. The Balaban J connectivity index is 2.18. The number of phenolic OH excluding ortho intramolecular Hbond substituents is 1. The van der Waals surface area contributed by atoms with Gasteiger partial charge >= 0.3 is 0 Å². The molecule has 0 aliphatic heterocycles. The third-order valence-corrected chi connectivity index (χ3v) is 4.04. The van der Waals surface area contributed by atoms with Gasteiger partial charge in [-0.15, -0.1) is 0 Å². The van der Waals surface area contributed by atoms with Crippen molar-refractivity contribution < 1.29 is 5.11 Å². The lowest BCUT2D eigenvalue weighted by atomic mass is 9.98. The summed E-state index contributed by atoms with van der Waals surface area (Å²) in [4.78, 5) is 0. The average molecular weight is 283 g/mol. The van der Waals surface area contributed by atoms with Crippen LogP contribution in [0.15, 0.2) is 36.4 Å². The number of hydrogen-bond donors (Lipinski definition) is 2. The summed E-state index contributed by atoms with van der Waals surface area (Å²) >= 11 is 0. The number of aryl methyl sites for hydroxylation is 3. The second-order valence-corrected chi connectivity index (χ2v) is 6.03. The van der Waals surface area contributed by atoms with Gasteiger partial charge in [-0.1, -0.05) is 41.5 Å². The van der Waals surface area contributed by atoms with Crippen LogP contribution in [0, 0.1) is 20.8 Å². The zero-order valence-corrected chi connectivity index (χ0v) is 13.6. The third kappa shape index (κ3) is 3.64. The molecule has 0 spiro atoms. The Kier molecular flexibility index (Phi) is 4.69. The predicted octanol–water partition coefficient (Wildman–Crippen LogP) is 4.73. The van der Waals surface area contributed by atoms with Crippen LogP contribution >= 0.6 is 0 Å². The summed E-state index contributed by atoms with van der Waals surface area (Å²) in [7, 11) is 0. The fraction of sp³-hybridized carbons (Fsp3) is 0.368. The number of hydrogen-bond acceptors (Lipinski definition) is 2. The van der Waals surface area contributed by atoms with Gasteiger partial charge in [0.15, 0.2) is 0 Å². The summed E-state index contributed by atoms with van der Waals surface area (Å²) in [5, 5.41) is 13.6. The largest absolute Gasteiger partial charge is 0.508 e. The first-order valence-corrected chi connectivity index (χ1v) is 7.51. The van der Waals surface area contributed by atoms with Gasteiger partial charge in [0.1, 0.15) is 5.75 Å². The van der Waals surface area contributed by atoms with E-state index >= 15 is 0 Å². The molecule has 21 heavy (non-hydrogen) atoms. The van der Waals surface area contributed by atoms with Crippen LogP contribution in [0.5, 0.6) is 5.75 Å². The van der Waals surface area contributed by atoms with E-state index in [4.69, 9.17) is 0 Å². The summed E-state index contributed by atoms with van der Waals surface area (Å²) in [5.41, 5.74) is 6.00. The maximum absolute atomic E-state index is 10.0. The lowest BCUT2D eigenvalue weighted by Crippen LogP contribution is -2.23. The first-order valence-electron chi connectivity index (χ1n) is 7.51. The molecule has 2 N–H and O–H groups in total. The van der Waals surface area contributed by atoms with Gasteiger partial charge in [-0.3, -0.25) is 0 Å². The molecule has 0 bridgehead atoms. The smallest absolute Gasteiger partial charge is 0.120 e. The summed E-state index contributed by atoms with van der Waals surface area (Å²) in [5.74, 6) is 0.355. The highest BCUT2D eigenvalue weighted by Crippen LogP contribution is 2.28. The minimum atomic E-state index is 0.0978. The van der Waals surface area contributed by atoms with E-state index in [1.54, 1.807) is 6.07 Å². The molecule has 2 atom stereocenters. The number of aromatic hydroxyl groups is 1. The monoisotopic (exact) mass is 283 g/mol. The van der Waals surface area contributed by atoms with Gasteiger partial charge in [0.2, 0.25) is 0 Å². The molecule has 2 heteroatoms. The Bertz CT molecular complexity index is 633. The van der Waals surface area contributed by atoms with E-state index in [2.05, 4.69) is 51.2 Å². The maximum Gasteiger partial charge on any atom is 0.120 e. The summed E-state index contributed by atoms with van der Waals surface area (Å²) in [6, 6.07) is 12.6. The summed E-state index contributed by atoms with van der Waals surface area (Å²) < 4.78 is 0. The topological polar surface area (TPSA) is 32.3 Å². The molecule has 0 heterocycles. The first-order chi connectivity index (χ1) is 9.88. The molecule has 0 saturated carbocycles. The Hall–Kier alpha value is -1.80. The lowest BCUT2D eigenvalue weighted by molar-refractivity contribution is 0.438. The normalized spacial score (nSPS) is 14.0. The van der Waals surface area contributed by atoms with E-state index in [9.17, 15) is 5.11 Å². The van der Waals surface area contributed by atoms with Crippen molar-refractivity contribution in [2.24, 2.45) is 0 Å². The second kappa shape index (κ2) is 6.31. The molecule has 0 aromatic heterocycles. The fourth-order valence-corrected chi connectivity index (χ4v) is 2.89. The number of rotatable bonds is 4. The van der Waals surface area contributed by atoms with E-state index in [1.165, 1.54) is 16.7 Å². The van der Waals surface area contributed by atoms with Gasteiger partial charge in [-0.2, -0.15) is 0 Å². The van der Waals surface area contributed by atoms with Gasteiger partial charge in [-0.25, -0.2) is 0 Å². The number of nitrogens with one attached hydrogen (secondary N) is 1. The van der Waals surface area contributed by atoms with Crippen molar-refractivity contribution >= 4 is 0 Å². The Morgan fingerprint density at radius 1 is 0.810 bits per heavy atom. The van der Waals surface area contributed by atoms with Crippen LogP contribution in [0.2, 0.25) is 0 Å². The van der Waals surface area contributed by atoms with Crippen molar-refractivity contribution in [1.29, 1.82) is 0 Å². The van der Waals surface area contributed by atoms with E-state index in [-0.39, 0.29) is 12.1 Å². The molecule has 2 rings (SSSR count). The van der Waals surface area contributed by atoms with Crippen LogP contribution in [0.25, 0.3) is 0 Å². The Morgan fingerprint density at radius 3 is 2.05 bits per heavy atom. The minimum Gasteiger partial charge on any atom is -0.508 e. The number of phenols is 1.